The van der Waals surface area contributed by atoms with Crippen molar-refractivity contribution in [1.82, 2.24) is 0 Å². The van der Waals surface area contributed by atoms with Crippen LogP contribution in [0.3, 0.4) is 0 Å². The zero-order valence-corrected chi connectivity index (χ0v) is 12.5. The van der Waals surface area contributed by atoms with Gasteiger partial charge in [0.1, 0.15) is 5.75 Å². The molecular formula is C13H9Cl2F3OS. The predicted octanol–water partition coefficient (Wildman–Crippen LogP) is 5.94. The van der Waals surface area contributed by atoms with Crippen LogP contribution in [-0.4, -0.2) is 6.36 Å². The summed E-state index contributed by atoms with van der Waals surface area (Å²) >= 11 is 13.6. The van der Waals surface area contributed by atoms with Gasteiger partial charge >= 0.3 is 6.36 Å². The number of hydrogen-bond acceptors (Lipinski definition) is 2. The SMILES string of the molecule is Cc1cc(C(Cl)c2ccc(OC(F)(F)F)cc2)sc1Cl. The Balaban J connectivity index is 2.17. The topological polar surface area (TPSA) is 9.23 Å². The standard InChI is InChI=1S/C13H9Cl2F3OS/c1-7-6-10(20-12(7)15)11(14)8-2-4-9(5-3-8)19-13(16,17)18/h2-6,11H,1H3. The first-order valence-electron chi connectivity index (χ1n) is 5.52. The Bertz CT molecular complexity index is 573. The van der Waals surface area contributed by atoms with Crippen LogP contribution in [0, 0.1) is 6.92 Å². The average Bonchev–Trinajstić information content (AvgIpc) is 2.68. The zero-order chi connectivity index (χ0) is 14.9. The molecule has 1 nitrogen and oxygen atoms in total. The fourth-order valence-electron chi connectivity index (χ4n) is 1.61. The Labute approximate surface area is 127 Å². The van der Waals surface area contributed by atoms with E-state index in [4.69, 9.17) is 23.2 Å². The summed E-state index contributed by atoms with van der Waals surface area (Å²) in [6.07, 6.45) is -4.69. The molecule has 0 saturated carbocycles. The number of ether oxygens (including phenoxy) is 1. The third-order valence-corrected chi connectivity index (χ3v) is 4.77. The molecule has 20 heavy (non-hydrogen) atoms. The third kappa shape index (κ3) is 3.81. The smallest absolute Gasteiger partial charge is 0.406 e. The van der Waals surface area contributed by atoms with E-state index < -0.39 is 11.7 Å². The number of hydrogen-bond donors (Lipinski definition) is 0. The maximum absolute atomic E-state index is 12.1. The monoisotopic (exact) mass is 340 g/mol. The zero-order valence-electron chi connectivity index (χ0n) is 10.2. The highest BCUT2D eigenvalue weighted by Crippen LogP contribution is 2.38. The number of thiophene rings is 1. The van der Waals surface area contributed by atoms with E-state index in [9.17, 15) is 13.2 Å². The molecule has 1 aromatic carbocycles. The molecule has 1 unspecified atom stereocenters. The molecular weight excluding hydrogens is 332 g/mol. The molecule has 0 aliphatic carbocycles. The fourth-order valence-corrected chi connectivity index (χ4v) is 3.18. The summed E-state index contributed by atoms with van der Waals surface area (Å²) in [6, 6.07) is 7.34. The Kier molecular flexibility index (Phi) is 4.52. The quantitative estimate of drug-likeness (QED) is 0.628. The van der Waals surface area contributed by atoms with Crippen LogP contribution in [0.25, 0.3) is 0 Å². The van der Waals surface area contributed by atoms with Crippen molar-refractivity contribution in [1.29, 1.82) is 0 Å². The lowest BCUT2D eigenvalue weighted by atomic mass is 10.1. The molecule has 0 spiro atoms. The summed E-state index contributed by atoms with van der Waals surface area (Å²) < 4.78 is 40.6. The van der Waals surface area contributed by atoms with Crippen LogP contribution in [0.5, 0.6) is 5.75 Å². The van der Waals surface area contributed by atoms with Gasteiger partial charge in [-0.25, -0.2) is 0 Å². The lowest BCUT2D eigenvalue weighted by Gasteiger charge is -2.11. The van der Waals surface area contributed by atoms with E-state index in [0.717, 1.165) is 10.4 Å². The Morgan fingerprint density at radius 3 is 2.25 bits per heavy atom. The molecule has 1 aromatic heterocycles. The largest absolute Gasteiger partial charge is 0.573 e. The van der Waals surface area contributed by atoms with Gasteiger partial charge in [0, 0.05) is 4.88 Å². The van der Waals surface area contributed by atoms with Crippen molar-refractivity contribution in [3.05, 3.63) is 50.7 Å². The summed E-state index contributed by atoms with van der Waals surface area (Å²) in [7, 11) is 0. The van der Waals surface area contributed by atoms with E-state index in [2.05, 4.69) is 4.74 Å². The molecule has 2 rings (SSSR count). The van der Waals surface area contributed by atoms with Gasteiger partial charge in [-0.15, -0.1) is 36.1 Å². The highest BCUT2D eigenvalue weighted by Gasteiger charge is 2.31. The summed E-state index contributed by atoms with van der Waals surface area (Å²) in [5.74, 6) is -0.273. The molecule has 1 heterocycles. The summed E-state index contributed by atoms with van der Waals surface area (Å²) in [5.41, 5.74) is 1.61. The highest BCUT2D eigenvalue weighted by molar-refractivity contribution is 7.16. The van der Waals surface area contributed by atoms with Crippen LogP contribution in [0.15, 0.2) is 30.3 Å². The first-order chi connectivity index (χ1) is 9.26. The highest BCUT2D eigenvalue weighted by atomic mass is 35.5. The van der Waals surface area contributed by atoms with Crippen molar-refractivity contribution < 1.29 is 17.9 Å². The summed E-state index contributed by atoms with van der Waals surface area (Å²) in [4.78, 5) is 0.846. The maximum Gasteiger partial charge on any atom is 0.573 e. The number of aryl methyl sites for hydroxylation is 1. The van der Waals surface area contributed by atoms with Crippen LogP contribution >= 0.6 is 34.5 Å². The van der Waals surface area contributed by atoms with Crippen LogP contribution in [-0.2, 0) is 0 Å². The molecule has 0 amide bonds. The van der Waals surface area contributed by atoms with Crippen molar-refractivity contribution >= 4 is 34.5 Å². The third-order valence-electron chi connectivity index (χ3n) is 2.53. The predicted molar refractivity (Wildman–Crippen MR) is 74.9 cm³/mol. The van der Waals surface area contributed by atoms with Gasteiger partial charge in [0.25, 0.3) is 0 Å². The summed E-state index contributed by atoms with van der Waals surface area (Å²) in [6.45, 7) is 1.87. The van der Waals surface area contributed by atoms with Gasteiger partial charge in [0.15, 0.2) is 0 Å². The van der Waals surface area contributed by atoms with E-state index in [-0.39, 0.29) is 5.75 Å². The van der Waals surface area contributed by atoms with Crippen molar-refractivity contribution in [3.63, 3.8) is 0 Å². The number of alkyl halides is 4. The van der Waals surface area contributed by atoms with E-state index in [0.29, 0.717) is 9.90 Å². The minimum absolute atomic E-state index is 0.273. The van der Waals surface area contributed by atoms with Crippen molar-refractivity contribution in [2.75, 3.05) is 0 Å². The molecule has 0 bridgehead atoms. The molecule has 7 heteroatoms. The second kappa shape index (κ2) is 5.84. The minimum atomic E-state index is -4.69. The van der Waals surface area contributed by atoms with E-state index in [1.807, 2.05) is 13.0 Å². The Morgan fingerprint density at radius 1 is 1.20 bits per heavy atom. The van der Waals surface area contributed by atoms with Crippen LogP contribution in [0.1, 0.15) is 21.4 Å². The summed E-state index contributed by atoms with van der Waals surface area (Å²) in [5, 5.41) is -0.453. The van der Waals surface area contributed by atoms with Crippen molar-refractivity contribution in [2.24, 2.45) is 0 Å². The molecule has 0 fully saturated rings. The lowest BCUT2D eigenvalue weighted by Crippen LogP contribution is -2.17. The van der Waals surface area contributed by atoms with Gasteiger partial charge in [0.2, 0.25) is 0 Å². The molecule has 0 aliphatic heterocycles. The van der Waals surface area contributed by atoms with Crippen molar-refractivity contribution in [2.45, 2.75) is 18.7 Å². The molecule has 0 aliphatic rings. The number of rotatable bonds is 3. The second-order valence-corrected chi connectivity index (χ2v) is 6.21. The minimum Gasteiger partial charge on any atom is -0.406 e. The molecule has 0 N–H and O–H groups in total. The van der Waals surface area contributed by atoms with Crippen LogP contribution < -0.4 is 4.74 Å². The van der Waals surface area contributed by atoms with Crippen molar-refractivity contribution in [3.8, 4) is 5.75 Å². The van der Waals surface area contributed by atoms with Crippen LogP contribution in [0.4, 0.5) is 13.2 Å². The molecule has 0 radical (unpaired) electrons. The molecule has 108 valence electrons. The van der Waals surface area contributed by atoms with E-state index in [1.54, 1.807) is 0 Å². The van der Waals surface area contributed by atoms with Gasteiger partial charge in [0.05, 0.1) is 9.71 Å². The second-order valence-electron chi connectivity index (χ2n) is 4.08. The van der Waals surface area contributed by atoms with Gasteiger partial charge in [-0.3, -0.25) is 0 Å². The molecule has 1 atom stereocenters. The first kappa shape index (κ1) is 15.5. The van der Waals surface area contributed by atoms with Crippen LogP contribution in [0.2, 0.25) is 4.34 Å². The molecule has 0 saturated heterocycles. The first-order valence-corrected chi connectivity index (χ1v) is 7.15. The molecule has 2 aromatic rings. The lowest BCUT2D eigenvalue weighted by molar-refractivity contribution is -0.274. The van der Waals surface area contributed by atoms with Gasteiger partial charge < -0.3 is 4.74 Å². The van der Waals surface area contributed by atoms with Gasteiger partial charge in [-0.2, -0.15) is 0 Å². The van der Waals surface area contributed by atoms with E-state index >= 15 is 0 Å². The fraction of sp³-hybridized carbons (Fsp3) is 0.231. The van der Waals surface area contributed by atoms with E-state index in [1.165, 1.54) is 35.6 Å². The normalized spacial score (nSPS) is 13.3. The Hall–Kier alpha value is -0.910. The van der Waals surface area contributed by atoms with Gasteiger partial charge in [-0.05, 0) is 36.2 Å². The average molecular weight is 341 g/mol. The maximum atomic E-state index is 12.1. The number of benzene rings is 1. The number of halogens is 5. The van der Waals surface area contributed by atoms with Gasteiger partial charge in [-0.1, -0.05) is 23.7 Å². The Morgan fingerprint density at radius 2 is 1.80 bits per heavy atom.